The molecule has 0 saturated heterocycles. The summed E-state index contributed by atoms with van der Waals surface area (Å²) in [4.78, 5) is 36.8. The lowest BCUT2D eigenvalue weighted by molar-refractivity contribution is 0.0697. The average molecular weight is 455 g/mol. The Labute approximate surface area is 190 Å². The number of fused-ring (bicyclic) bond motifs is 2. The zero-order valence-electron chi connectivity index (χ0n) is 17.3. The fraction of sp³-hybridized carbons (Fsp3) is 0.0417. The Morgan fingerprint density at radius 3 is 2.62 bits per heavy atom. The summed E-state index contributed by atoms with van der Waals surface area (Å²) in [5.74, 6) is -1.54. The quantitative estimate of drug-likeness (QED) is 0.339. The number of carboxylic acid groups (broad SMARTS) is 1. The van der Waals surface area contributed by atoms with Gasteiger partial charge in [0.15, 0.2) is 5.43 Å². The van der Waals surface area contributed by atoms with Crippen LogP contribution in [0.4, 0.5) is 0 Å². The van der Waals surface area contributed by atoms with Crippen LogP contribution in [0.5, 0.6) is 5.75 Å². The van der Waals surface area contributed by atoms with Crippen LogP contribution in [0.1, 0.15) is 26.4 Å². The fourth-order valence-electron chi connectivity index (χ4n) is 3.79. The van der Waals surface area contributed by atoms with E-state index >= 15 is 0 Å². The Bertz CT molecular complexity index is 1590. The van der Waals surface area contributed by atoms with Gasteiger partial charge in [-0.1, -0.05) is 6.07 Å². The Kier molecular flexibility index (Phi) is 5.02. The SMILES string of the molecule is O=C(NCc1cn[n-]n1)c1ccc(-c2c3ccc(=O)cc-3oc3cc(O)ccc23)c(C(=O)O)c1. The number of carbonyl (C=O) groups excluding carboxylic acids is 1. The van der Waals surface area contributed by atoms with Gasteiger partial charge in [-0.2, -0.15) is 0 Å². The Morgan fingerprint density at radius 2 is 1.85 bits per heavy atom. The van der Waals surface area contributed by atoms with E-state index in [0.29, 0.717) is 27.8 Å². The molecule has 2 aliphatic rings. The molecule has 1 amide bonds. The molecule has 1 aliphatic heterocycles. The largest absolute Gasteiger partial charge is 0.508 e. The van der Waals surface area contributed by atoms with Crippen LogP contribution >= 0.6 is 0 Å². The van der Waals surface area contributed by atoms with E-state index in [-0.39, 0.29) is 40.2 Å². The number of aromatic carboxylic acids is 1. The molecule has 5 rings (SSSR count). The highest BCUT2D eigenvalue weighted by Gasteiger charge is 2.23. The summed E-state index contributed by atoms with van der Waals surface area (Å²) < 4.78 is 5.81. The predicted octanol–water partition coefficient (Wildman–Crippen LogP) is 2.65. The molecule has 1 aromatic heterocycles. The molecule has 0 spiro atoms. The Hall–Kier alpha value is -4.99. The van der Waals surface area contributed by atoms with Gasteiger partial charge in [-0.25, -0.2) is 4.79 Å². The number of nitrogens with zero attached hydrogens (tertiary/aromatic N) is 3. The van der Waals surface area contributed by atoms with E-state index in [9.17, 15) is 24.6 Å². The number of carbonyl (C=O) groups is 2. The molecule has 2 heterocycles. The van der Waals surface area contributed by atoms with Gasteiger partial charge < -0.3 is 35.4 Å². The molecule has 10 nitrogen and oxygen atoms in total. The number of amides is 1. The molecule has 0 radical (unpaired) electrons. The molecular formula is C24H15N4O6-. The number of aromatic nitrogens is 3. The molecule has 0 unspecified atom stereocenters. The summed E-state index contributed by atoms with van der Waals surface area (Å²) >= 11 is 0. The van der Waals surface area contributed by atoms with Crippen LogP contribution in [0, 0.1) is 0 Å². The van der Waals surface area contributed by atoms with E-state index in [1.54, 1.807) is 12.1 Å². The van der Waals surface area contributed by atoms with E-state index in [1.807, 2.05) is 0 Å². The molecule has 3 N–H and O–H groups in total. The molecule has 34 heavy (non-hydrogen) atoms. The number of rotatable bonds is 5. The standard InChI is InChI=1S/C24H16N4O6/c29-14-2-5-17-20(8-14)34-21-9-15(30)3-6-18(21)22(17)16-4-1-12(7-19(16)24(32)33)23(31)25-10-13-11-26-28-27-13/h1-9,11H,10H2,(H4,25,26,27,28,29,30,31,32,33)/p-1. The number of hydrogen-bond donors (Lipinski definition) is 3. The first kappa shape index (κ1) is 20.9. The summed E-state index contributed by atoms with van der Waals surface area (Å²) in [5.41, 5.74) is 1.82. The van der Waals surface area contributed by atoms with Gasteiger partial charge in [-0.05, 0) is 42.0 Å². The molecule has 0 bridgehead atoms. The van der Waals surface area contributed by atoms with Gasteiger partial charge in [0.25, 0.3) is 5.91 Å². The van der Waals surface area contributed by atoms with Crippen LogP contribution in [0.25, 0.3) is 33.4 Å². The van der Waals surface area contributed by atoms with Crippen molar-refractivity contribution in [2.24, 2.45) is 0 Å². The van der Waals surface area contributed by atoms with Crippen molar-refractivity contribution in [2.45, 2.75) is 6.54 Å². The van der Waals surface area contributed by atoms with Gasteiger partial charge in [-0.15, -0.1) is 0 Å². The van der Waals surface area contributed by atoms with E-state index in [1.165, 1.54) is 48.7 Å². The molecule has 2 aromatic carbocycles. The number of phenolic OH excluding ortho intramolecular Hbond substituents is 1. The van der Waals surface area contributed by atoms with Gasteiger partial charge in [-0.3, -0.25) is 9.59 Å². The van der Waals surface area contributed by atoms with E-state index in [4.69, 9.17) is 4.42 Å². The summed E-state index contributed by atoms with van der Waals surface area (Å²) in [6.45, 7) is 0.0898. The minimum Gasteiger partial charge on any atom is -0.508 e. The average Bonchev–Trinajstić information content (AvgIpc) is 3.34. The van der Waals surface area contributed by atoms with Crippen molar-refractivity contribution in [1.82, 2.24) is 20.7 Å². The van der Waals surface area contributed by atoms with Crippen LogP contribution in [0.2, 0.25) is 0 Å². The molecule has 168 valence electrons. The number of phenols is 1. The van der Waals surface area contributed by atoms with Crippen molar-refractivity contribution in [1.29, 1.82) is 0 Å². The monoisotopic (exact) mass is 455 g/mol. The summed E-state index contributed by atoms with van der Waals surface area (Å²) in [5, 5.41) is 33.8. The Morgan fingerprint density at radius 1 is 1.03 bits per heavy atom. The third kappa shape index (κ3) is 3.73. The topological polar surface area (TPSA) is 157 Å². The normalized spacial score (nSPS) is 11.1. The summed E-state index contributed by atoms with van der Waals surface area (Å²) in [6, 6.07) is 13.0. The van der Waals surface area contributed by atoms with Gasteiger partial charge in [0.2, 0.25) is 0 Å². The highest BCUT2D eigenvalue weighted by Crippen LogP contribution is 2.42. The summed E-state index contributed by atoms with van der Waals surface area (Å²) in [6.07, 6.45) is 1.41. The lowest BCUT2D eigenvalue weighted by atomic mass is 9.90. The van der Waals surface area contributed by atoms with Crippen molar-refractivity contribution in [3.05, 3.63) is 87.8 Å². The minimum atomic E-state index is -1.24. The first-order valence-electron chi connectivity index (χ1n) is 10.1. The number of hydrogen-bond acceptors (Lipinski definition) is 7. The second-order valence-corrected chi connectivity index (χ2v) is 7.49. The van der Waals surface area contributed by atoms with Gasteiger partial charge in [0.1, 0.15) is 17.1 Å². The van der Waals surface area contributed by atoms with E-state index in [0.717, 1.165) is 0 Å². The Balaban J connectivity index is 1.67. The zero-order valence-corrected chi connectivity index (χ0v) is 17.3. The van der Waals surface area contributed by atoms with Crippen molar-refractivity contribution in [3.8, 4) is 28.2 Å². The molecular weight excluding hydrogens is 440 g/mol. The van der Waals surface area contributed by atoms with Gasteiger partial charge >= 0.3 is 5.97 Å². The van der Waals surface area contributed by atoms with E-state index in [2.05, 4.69) is 20.7 Å². The van der Waals surface area contributed by atoms with Crippen molar-refractivity contribution < 1.29 is 24.2 Å². The minimum absolute atomic E-state index is 0.0463. The van der Waals surface area contributed by atoms with Gasteiger partial charge in [0.05, 0.1) is 17.8 Å². The highest BCUT2D eigenvalue weighted by atomic mass is 16.4. The van der Waals surface area contributed by atoms with Crippen molar-refractivity contribution in [2.75, 3.05) is 0 Å². The first-order valence-corrected chi connectivity index (χ1v) is 10.1. The third-order valence-corrected chi connectivity index (χ3v) is 5.32. The van der Waals surface area contributed by atoms with Gasteiger partial charge in [0, 0.05) is 40.4 Å². The van der Waals surface area contributed by atoms with Crippen LogP contribution in [0.15, 0.2) is 70.0 Å². The van der Waals surface area contributed by atoms with Crippen LogP contribution in [-0.4, -0.2) is 32.3 Å². The maximum Gasteiger partial charge on any atom is 0.336 e. The van der Waals surface area contributed by atoms with E-state index < -0.39 is 11.9 Å². The third-order valence-electron chi connectivity index (χ3n) is 5.32. The second-order valence-electron chi connectivity index (χ2n) is 7.49. The molecule has 0 saturated carbocycles. The van der Waals surface area contributed by atoms with Crippen LogP contribution < -0.4 is 16.0 Å². The molecule has 3 aromatic rings. The lowest BCUT2D eigenvalue weighted by Crippen LogP contribution is -2.23. The maximum atomic E-state index is 12.6. The number of carboxylic acids is 1. The smallest absolute Gasteiger partial charge is 0.336 e. The molecule has 0 atom stereocenters. The second kappa shape index (κ2) is 8.17. The first-order chi connectivity index (χ1) is 16.4. The highest BCUT2D eigenvalue weighted by molar-refractivity contribution is 6.09. The zero-order chi connectivity index (χ0) is 23.8. The fourth-order valence-corrected chi connectivity index (χ4v) is 3.79. The maximum absolute atomic E-state index is 12.6. The molecule has 0 fully saturated rings. The lowest BCUT2D eigenvalue weighted by Gasteiger charge is -2.17. The van der Waals surface area contributed by atoms with Crippen molar-refractivity contribution in [3.63, 3.8) is 0 Å². The number of nitrogens with one attached hydrogen (secondary N) is 1. The van der Waals surface area contributed by atoms with Crippen molar-refractivity contribution >= 4 is 22.8 Å². The summed E-state index contributed by atoms with van der Waals surface area (Å²) in [7, 11) is 0. The number of benzene rings is 3. The predicted molar refractivity (Wildman–Crippen MR) is 120 cm³/mol. The number of aromatic hydroxyl groups is 1. The molecule has 10 heteroatoms. The molecule has 1 aliphatic carbocycles. The van der Waals surface area contributed by atoms with Crippen LogP contribution in [-0.2, 0) is 6.54 Å². The van der Waals surface area contributed by atoms with Crippen LogP contribution in [0.3, 0.4) is 0 Å².